The number of aliphatic imine (C=N–C) groups is 1. The van der Waals surface area contributed by atoms with Crippen LogP contribution >= 0.6 is 0 Å². The van der Waals surface area contributed by atoms with Crippen LogP contribution in [0.1, 0.15) is 11.1 Å². The number of anilines is 1. The van der Waals surface area contributed by atoms with Gasteiger partial charge in [-0.15, -0.1) is 0 Å². The van der Waals surface area contributed by atoms with Crippen molar-refractivity contribution in [3.05, 3.63) is 78.1 Å². The predicted molar refractivity (Wildman–Crippen MR) is 116 cm³/mol. The van der Waals surface area contributed by atoms with Crippen molar-refractivity contribution in [2.45, 2.75) is 13.1 Å². The van der Waals surface area contributed by atoms with E-state index in [0.29, 0.717) is 13.1 Å². The van der Waals surface area contributed by atoms with Gasteiger partial charge in [-0.25, -0.2) is 14.1 Å². The Labute approximate surface area is 175 Å². The van der Waals surface area contributed by atoms with E-state index in [4.69, 9.17) is 0 Å². The Kier molecular flexibility index (Phi) is 6.22. The second-order valence-electron chi connectivity index (χ2n) is 7.26. The molecule has 4 rings (SSSR count). The number of piperazine rings is 1. The van der Waals surface area contributed by atoms with Crippen molar-refractivity contribution in [1.82, 2.24) is 25.0 Å². The summed E-state index contributed by atoms with van der Waals surface area (Å²) in [5.41, 5.74) is 3.43. The molecule has 1 aromatic heterocycles. The van der Waals surface area contributed by atoms with Crippen LogP contribution in [0, 0.1) is 5.82 Å². The van der Waals surface area contributed by atoms with Gasteiger partial charge in [0.1, 0.15) is 18.5 Å². The van der Waals surface area contributed by atoms with E-state index in [1.165, 1.54) is 23.3 Å². The zero-order chi connectivity index (χ0) is 20.8. The topological polar surface area (TPSA) is 61.6 Å². The van der Waals surface area contributed by atoms with E-state index in [-0.39, 0.29) is 5.82 Å². The fourth-order valence-corrected chi connectivity index (χ4v) is 3.68. The Morgan fingerprint density at radius 1 is 1.07 bits per heavy atom. The van der Waals surface area contributed by atoms with E-state index in [0.717, 1.165) is 37.8 Å². The number of nitrogens with zero attached hydrogens (tertiary/aromatic N) is 6. The molecule has 0 amide bonds. The second-order valence-corrected chi connectivity index (χ2v) is 7.26. The van der Waals surface area contributed by atoms with Gasteiger partial charge in [0, 0.05) is 45.5 Å². The van der Waals surface area contributed by atoms with Crippen molar-refractivity contribution in [2.24, 2.45) is 4.99 Å². The molecule has 1 saturated heterocycles. The van der Waals surface area contributed by atoms with Gasteiger partial charge in [0.05, 0.1) is 6.54 Å². The smallest absolute Gasteiger partial charge is 0.194 e. The molecule has 30 heavy (non-hydrogen) atoms. The third kappa shape index (κ3) is 4.94. The molecule has 3 aromatic rings. The molecule has 0 unspecified atom stereocenters. The van der Waals surface area contributed by atoms with Gasteiger partial charge in [0.2, 0.25) is 0 Å². The molecule has 0 bridgehead atoms. The normalized spacial score (nSPS) is 14.8. The molecule has 7 nitrogen and oxygen atoms in total. The first-order valence-corrected chi connectivity index (χ1v) is 10.1. The van der Waals surface area contributed by atoms with Gasteiger partial charge in [0.25, 0.3) is 0 Å². The summed E-state index contributed by atoms with van der Waals surface area (Å²) in [6, 6.07) is 15.1. The number of rotatable bonds is 5. The fourth-order valence-electron chi connectivity index (χ4n) is 3.68. The van der Waals surface area contributed by atoms with Crippen LogP contribution in [-0.2, 0) is 13.1 Å². The van der Waals surface area contributed by atoms with Crippen LogP contribution in [0.3, 0.4) is 0 Å². The Bertz CT molecular complexity index is 961. The first-order chi connectivity index (χ1) is 14.7. The van der Waals surface area contributed by atoms with E-state index in [1.54, 1.807) is 12.7 Å². The highest BCUT2D eigenvalue weighted by Gasteiger charge is 2.19. The van der Waals surface area contributed by atoms with Crippen LogP contribution in [0.15, 0.2) is 66.2 Å². The van der Waals surface area contributed by atoms with Crippen LogP contribution in [0.4, 0.5) is 10.1 Å². The number of aromatic nitrogens is 3. The van der Waals surface area contributed by atoms with Gasteiger partial charge >= 0.3 is 0 Å². The maximum absolute atomic E-state index is 13.2. The van der Waals surface area contributed by atoms with Crippen molar-refractivity contribution in [3.63, 3.8) is 0 Å². The number of halogens is 1. The lowest BCUT2D eigenvalue weighted by Crippen LogP contribution is -2.52. The lowest BCUT2D eigenvalue weighted by atomic mass is 10.1. The van der Waals surface area contributed by atoms with Crippen molar-refractivity contribution < 1.29 is 4.39 Å². The molecule has 2 heterocycles. The minimum absolute atomic E-state index is 0.202. The summed E-state index contributed by atoms with van der Waals surface area (Å²) in [6.07, 6.45) is 3.27. The summed E-state index contributed by atoms with van der Waals surface area (Å²) in [5, 5.41) is 7.64. The number of nitrogens with one attached hydrogen (secondary N) is 1. The minimum Gasteiger partial charge on any atom is -0.368 e. The maximum atomic E-state index is 13.2. The zero-order valence-electron chi connectivity index (χ0n) is 17.1. The molecular formula is C22H26FN7. The molecule has 8 heteroatoms. The fraction of sp³-hybridized carbons (Fsp3) is 0.318. The molecule has 0 atom stereocenters. The second kappa shape index (κ2) is 9.39. The summed E-state index contributed by atoms with van der Waals surface area (Å²) in [7, 11) is 1.82. The van der Waals surface area contributed by atoms with Crippen molar-refractivity contribution in [1.29, 1.82) is 0 Å². The van der Waals surface area contributed by atoms with Crippen molar-refractivity contribution in [2.75, 3.05) is 38.1 Å². The maximum Gasteiger partial charge on any atom is 0.194 e. The molecular weight excluding hydrogens is 381 g/mol. The molecule has 0 saturated carbocycles. The Morgan fingerprint density at radius 2 is 1.83 bits per heavy atom. The highest BCUT2D eigenvalue weighted by molar-refractivity contribution is 5.80. The Hall–Kier alpha value is -3.42. The van der Waals surface area contributed by atoms with Crippen LogP contribution in [-0.4, -0.2) is 58.9 Å². The van der Waals surface area contributed by atoms with E-state index in [1.807, 2.05) is 23.9 Å². The lowest BCUT2D eigenvalue weighted by molar-refractivity contribution is 0.372. The standard InChI is InChI=1S/C22H26FN7/c1-24-22(29-11-9-28(10-12-29)21-7-5-20(23)6-8-21)26-14-18-3-2-4-19(13-18)15-30-17-25-16-27-30/h2-8,13,16-17H,9-12,14-15H2,1H3,(H,24,26). The minimum atomic E-state index is -0.202. The van der Waals surface area contributed by atoms with E-state index in [2.05, 4.69) is 54.5 Å². The van der Waals surface area contributed by atoms with Gasteiger partial charge < -0.3 is 15.1 Å². The average Bonchev–Trinajstić information content (AvgIpc) is 3.29. The molecule has 0 spiro atoms. The van der Waals surface area contributed by atoms with Crippen LogP contribution in [0.5, 0.6) is 0 Å². The molecule has 1 aliphatic heterocycles. The zero-order valence-corrected chi connectivity index (χ0v) is 17.1. The van der Waals surface area contributed by atoms with Crippen LogP contribution < -0.4 is 10.2 Å². The quantitative estimate of drug-likeness (QED) is 0.520. The summed E-state index contributed by atoms with van der Waals surface area (Å²) in [4.78, 5) is 13.0. The molecule has 1 N–H and O–H groups in total. The average molecular weight is 407 g/mol. The summed E-state index contributed by atoms with van der Waals surface area (Å²) in [5.74, 6) is 0.697. The van der Waals surface area contributed by atoms with Crippen LogP contribution in [0.25, 0.3) is 0 Å². The summed E-state index contributed by atoms with van der Waals surface area (Å²) >= 11 is 0. The predicted octanol–water partition coefficient (Wildman–Crippen LogP) is 2.36. The van der Waals surface area contributed by atoms with Crippen LogP contribution in [0.2, 0.25) is 0 Å². The molecule has 0 aliphatic carbocycles. The summed E-state index contributed by atoms with van der Waals surface area (Å²) < 4.78 is 15.0. The molecule has 1 aliphatic rings. The van der Waals surface area contributed by atoms with Crippen molar-refractivity contribution >= 4 is 11.6 Å². The van der Waals surface area contributed by atoms with E-state index < -0.39 is 0 Å². The Balaban J connectivity index is 1.31. The Morgan fingerprint density at radius 3 is 2.53 bits per heavy atom. The third-order valence-electron chi connectivity index (χ3n) is 5.24. The van der Waals surface area contributed by atoms with Gasteiger partial charge in [-0.3, -0.25) is 4.99 Å². The van der Waals surface area contributed by atoms with Gasteiger partial charge in [-0.05, 0) is 35.4 Å². The third-order valence-corrected chi connectivity index (χ3v) is 5.24. The number of guanidine groups is 1. The van der Waals surface area contributed by atoms with Gasteiger partial charge in [-0.1, -0.05) is 24.3 Å². The molecule has 156 valence electrons. The lowest BCUT2D eigenvalue weighted by Gasteiger charge is -2.37. The van der Waals surface area contributed by atoms with Gasteiger partial charge in [0.15, 0.2) is 5.96 Å². The first-order valence-electron chi connectivity index (χ1n) is 10.1. The number of hydrogen-bond acceptors (Lipinski definition) is 4. The molecule has 0 radical (unpaired) electrons. The largest absolute Gasteiger partial charge is 0.368 e. The highest BCUT2D eigenvalue weighted by Crippen LogP contribution is 2.17. The monoisotopic (exact) mass is 407 g/mol. The highest BCUT2D eigenvalue weighted by atomic mass is 19.1. The van der Waals surface area contributed by atoms with E-state index in [9.17, 15) is 4.39 Å². The first kappa shape index (κ1) is 19.9. The van der Waals surface area contributed by atoms with Gasteiger partial charge in [-0.2, -0.15) is 5.10 Å². The SMILES string of the molecule is CN=C(NCc1cccc(Cn2cncn2)c1)N1CCN(c2ccc(F)cc2)CC1. The van der Waals surface area contributed by atoms with Crippen molar-refractivity contribution in [3.8, 4) is 0 Å². The molecule has 2 aromatic carbocycles. The molecule has 1 fully saturated rings. The van der Waals surface area contributed by atoms with E-state index >= 15 is 0 Å². The number of hydrogen-bond donors (Lipinski definition) is 1. The number of benzene rings is 2. The summed E-state index contributed by atoms with van der Waals surface area (Å²) in [6.45, 7) is 4.89.